The molecule has 0 bridgehead atoms. The molecule has 0 spiro atoms. The van der Waals surface area contributed by atoms with Crippen molar-refractivity contribution in [1.82, 2.24) is 0 Å². The van der Waals surface area contributed by atoms with Crippen LogP contribution in [0.2, 0.25) is 0 Å². The van der Waals surface area contributed by atoms with Crippen molar-refractivity contribution in [2.45, 2.75) is 32.0 Å². The lowest BCUT2D eigenvalue weighted by Gasteiger charge is -2.22. The molecule has 0 saturated carbocycles. The Morgan fingerprint density at radius 1 is 1.40 bits per heavy atom. The van der Waals surface area contributed by atoms with Gasteiger partial charge in [0.15, 0.2) is 0 Å². The smallest absolute Gasteiger partial charge is 0.388 e. The van der Waals surface area contributed by atoms with E-state index in [9.17, 15) is 28.4 Å². The molecule has 0 saturated heterocycles. The third-order valence-electron chi connectivity index (χ3n) is 2.94. The van der Waals surface area contributed by atoms with Crippen LogP contribution in [-0.2, 0) is 6.18 Å². The topological polar surface area (TPSA) is 75.4 Å². The number of benzene rings is 1. The average Bonchev–Trinajstić information content (AvgIpc) is 2.35. The minimum Gasteiger partial charge on any atom is -0.388 e. The van der Waals surface area contributed by atoms with Crippen molar-refractivity contribution in [3.8, 4) is 0 Å². The molecule has 0 radical (unpaired) electrons. The Kier molecular flexibility index (Phi) is 4.59. The van der Waals surface area contributed by atoms with Gasteiger partial charge in [0.2, 0.25) is 0 Å². The number of nitrogens with zero attached hydrogens (tertiary/aromatic N) is 1. The van der Waals surface area contributed by atoms with Crippen molar-refractivity contribution in [2.24, 2.45) is 0 Å². The fourth-order valence-electron chi connectivity index (χ4n) is 1.42. The number of nitro groups is 1. The monoisotopic (exact) mass is 292 g/mol. The molecule has 0 fully saturated rings. The zero-order valence-corrected chi connectivity index (χ0v) is 11.0. The van der Waals surface area contributed by atoms with Gasteiger partial charge in [0.25, 0.3) is 5.69 Å². The summed E-state index contributed by atoms with van der Waals surface area (Å²) >= 11 is 0. The first kappa shape index (κ1) is 16.2. The molecule has 5 nitrogen and oxygen atoms in total. The Morgan fingerprint density at radius 2 is 2.00 bits per heavy atom. The number of hydrogen-bond donors (Lipinski definition) is 2. The van der Waals surface area contributed by atoms with Crippen LogP contribution in [-0.4, -0.2) is 22.2 Å². The Labute approximate surface area is 113 Å². The van der Waals surface area contributed by atoms with Crippen molar-refractivity contribution in [3.63, 3.8) is 0 Å². The summed E-state index contributed by atoms with van der Waals surface area (Å²) in [5, 5.41) is 23.2. The highest BCUT2D eigenvalue weighted by Crippen LogP contribution is 2.35. The Balaban J connectivity index is 3.06. The third kappa shape index (κ3) is 4.09. The summed E-state index contributed by atoms with van der Waals surface area (Å²) in [5.74, 6) is 0. The predicted octanol–water partition coefficient (Wildman–Crippen LogP) is 3.19. The van der Waals surface area contributed by atoms with Crippen molar-refractivity contribution in [2.75, 3.05) is 11.9 Å². The molecule has 0 aliphatic carbocycles. The van der Waals surface area contributed by atoms with E-state index in [4.69, 9.17) is 0 Å². The zero-order valence-electron chi connectivity index (χ0n) is 11.0. The molecule has 1 aromatic rings. The van der Waals surface area contributed by atoms with Gasteiger partial charge in [0.1, 0.15) is 5.69 Å². The van der Waals surface area contributed by atoms with Crippen LogP contribution in [0.15, 0.2) is 18.2 Å². The number of anilines is 1. The molecule has 112 valence electrons. The molecule has 0 heterocycles. The zero-order chi connectivity index (χ0) is 15.6. The highest BCUT2D eigenvalue weighted by Gasteiger charge is 2.33. The summed E-state index contributed by atoms with van der Waals surface area (Å²) in [6.45, 7) is 3.24. The molecule has 1 unspecified atom stereocenters. The van der Waals surface area contributed by atoms with Crippen LogP contribution in [0.3, 0.4) is 0 Å². The Morgan fingerprint density at radius 3 is 2.45 bits per heavy atom. The number of halogens is 3. The summed E-state index contributed by atoms with van der Waals surface area (Å²) in [4.78, 5) is 9.94. The second-order valence-electron chi connectivity index (χ2n) is 4.69. The van der Waals surface area contributed by atoms with Crippen molar-refractivity contribution in [1.29, 1.82) is 0 Å². The van der Waals surface area contributed by atoms with Gasteiger partial charge in [-0.3, -0.25) is 10.1 Å². The van der Waals surface area contributed by atoms with E-state index < -0.39 is 28.0 Å². The van der Waals surface area contributed by atoms with Crippen LogP contribution in [0.1, 0.15) is 25.8 Å². The summed E-state index contributed by atoms with van der Waals surface area (Å²) < 4.78 is 37.5. The largest absolute Gasteiger partial charge is 0.416 e. The molecule has 20 heavy (non-hydrogen) atoms. The van der Waals surface area contributed by atoms with Crippen molar-refractivity contribution >= 4 is 11.4 Å². The standard InChI is InChI=1S/C12H15F3N2O3/c1-3-11(2,18)7-16-9-5-4-8(12(13,14)15)6-10(9)17(19)20/h4-6,16,18H,3,7H2,1-2H3. The minimum atomic E-state index is -4.64. The van der Waals surface area contributed by atoms with E-state index >= 15 is 0 Å². The van der Waals surface area contributed by atoms with E-state index in [1.54, 1.807) is 6.92 Å². The van der Waals surface area contributed by atoms with Gasteiger partial charge in [-0.05, 0) is 25.5 Å². The van der Waals surface area contributed by atoms with Crippen LogP contribution < -0.4 is 5.32 Å². The van der Waals surface area contributed by atoms with Gasteiger partial charge in [0.05, 0.1) is 16.1 Å². The summed E-state index contributed by atoms with van der Waals surface area (Å²) in [5.41, 5.74) is -2.92. The first-order valence-electron chi connectivity index (χ1n) is 5.89. The Hall–Kier alpha value is -1.83. The van der Waals surface area contributed by atoms with Crippen LogP contribution in [0, 0.1) is 10.1 Å². The molecule has 1 aromatic carbocycles. The van der Waals surface area contributed by atoms with Gasteiger partial charge in [-0.2, -0.15) is 13.2 Å². The first-order valence-corrected chi connectivity index (χ1v) is 5.89. The highest BCUT2D eigenvalue weighted by molar-refractivity contribution is 5.63. The predicted molar refractivity (Wildman–Crippen MR) is 67.5 cm³/mol. The van der Waals surface area contributed by atoms with Gasteiger partial charge in [0, 0.05) is 12.6 Å². The van der Waals surface area contributed by atoms with Crippen LogP contribution in [0.5, 0.6) is 0 Å². The average molecular weight is 292 g/mol. The fourth-order valence-corrected chi connectivity index (χ4v) is 1.42. The van der Waals surface area contributed by atoms with E-state index in [0.29, 0.717) is 12.5 Å². The van der Waals surface area contributed by atoms with E-state index in [1.807, 2.05) is 0 Å². The molecule has 1 atom stereocenters. The maximum Gasteiger partial charge on any atom is 0.416 e. The highest BCUT2D eigenvalue weighted by atomic mass is 19.4. The van der Waals surface area contributed by atoms with Gasteiger partial charge >= 0.3 is 6.18 Å². The van der Waals surface area contributed by atoms with Gasteiger partial charge in [-0.1, -0.05) is 6.92 Å². The van der Waals surface area contributed by atoms with Crippen molar-refractivity contribution < 1.29 is 23.2 Å². The van der Waals surface area contributed by atoms with Crippen LogP contribution in [0.25, 0.3) is 0 Å². The lowest BCUT2D eigenvalue weighted by molar-refractivity contribution is -0.384. The molecular weight excluding hydrogens is 277 g/mol. The lowest BCUT2D eigenvalue weighted by Crippen LogP contribution is -2.32. The number of aliphatic hydroxyl groups is 1. The first-order chi connectivity index (χ1) is 9.07. The van der Waals surface area contributed by atoms with E-state index in [-0.39, 0.29) is 12.2 Å². The molecular formula is C12H15F3N2O3. The SMILES string of the molecule is CCC(C)(O)CNc1ccc(C(F)(F)F)cc1[N+](=O)[O-]. The summed E-state index contributed by atoms with van der Waals surface area (Å²) in [6, 6.07) is 2.23. The lowest BCUT2D eigenvalue weighted by atomic mass is 10.0. The van der Waals surface area contributed by atoms with E-state index in [2.05, 4.69) is 5.32 Å². The maximum atomic E-state index is 12.5. The molecule has 1 rings (SSSR count). The normalized spacial score (nSPS) is 14.7. The molecule has 0 aliphatic rings. The van der Waals surface area contributed by atoms with Crippen molar-refractivity contribution in [3.05, 3.63) is 33.9 Å². The number of alkyl halides is 3. The molecule has 0 aliphatic heterocycles. The second kappa shape index (κ2) is 5.66. The van der Waals surface area contributed by atoms with E-state index in [0.717, 1.165) is 12.1 Å². The van der Waals surface area contributed by atoms with Gasteiger partial charge < -0.3 is 10.4 Å². The third-order valence-corrected chi connectivity index (χ3v) is 2.94. The van der Waals surface area contributed by atoms with E-state index in [1.165, 1.54) is 6.92 Å². The summed E-state index contributed by atoms with van der Waals surface area (Å²) in [7, 11) is 0. The molecule has 2 N–H and O–H groups in total. The van der Waals surface area contributed by atoms with Gasteiger partial charge in [-0.15, -0.1) is 0 Å². The number of nitro benzene ring substituents is 1. The van der Waals surface area contributed by atoms with Crippen LogP contribution in [0.4, 0.5) is 24.5 Å². The van der Waals surface area contributed by atoms with Crippen LogP contribution >= 0.6 is 0 Å². The quantitative estimate of drug-likeness (QED) is 0.645. The Bertz CT molecular complexity index is 501. The molecule has 0 aromatic heterocycles. The second-order valence-corrected chi connectivity index (χ2v) is 4.69. The number of rotatable bonds is 5. The minimum absolute atomic E-state index is 0.00426. The molecule has 0 amide bonds. The number of nitrogens with one attached hydrogen (secondary N) is 1. The van der Waals surface area contributed by atoms with Gasteiger partial charge in [-0.25, -0.2) is 0 Å². The maximum absolute atomic E-state index is 12.5. The molecule has 8 heteroatoms. The number of hydrogen-bond acceptors (Lipinski definition) is 4. The summed E-state index contributed by atoms with van der Waals surface area (Å²) in [6.07, 6.45) is -4.24. The fraction of sp³-hybridized carbons (Fsp3) is 0.500.